The van der Waals surface area contributed by atoms with E-state index in [9.17, 15) is 17.6 Å². The van der Waals surface area contributed by atoms with Gasteiger partial charge in [0.2, 0.25) is 0 Å². The van der Waals surface area contributed by atoms with Gasteiger partial charge in [-0.2, -0.15) is 13.2 Å². The van der Waals surface area contributed by atoms with E-state index < -0.39 is 17.6 Å². The summed E-state index contributed by atoms with van der Waals surface area (Å²) in [5, 5.41) is 1.70. The molecular weight excluding hydrogens is 336 g/mol. The predicted molar refractivity (Wildman–Crippen MR) is 67.2 cm³/mol. The number of alkyl halides is 3. The van der Waals surface area contributed by atoms with Gasteiger partial charge in [-0.1, -0.05) is 0 Å². The smallest absolute Gasteiger partial charge is 0.375 e. The number of nitrogen functional groups attached to an aromatic ring is 1. The summed E-state index contributed by atoms with van der Waals surface area (Å²) in [6.07, 6.45) is -4.58. The van der Waals surface area contributed by atoms with Gasteiger partial charge >= 0.3 is 6.18 Å². The Balaban J connectivity index is 0.00000162. The molecule has 0 saturated carbocycles. The Hall–Kier alpha value is -1.15. The average molecular weight is 343 g/mol. The zero-order chi connectivity index (χ0) is 12.6. The summed E-state index contributed by atoms with van der Waals surface area (Å²) in [6, 6.07) is 2.28. The van der Waals surface area contributed by atoms with Crippen LogP contribution >= 0.6 is 28.3 Å². The highest BCUT2D eigenvalue weighted by Gasteiger charge is 2.31. The number of aromatic nitrogens is 1. The lowest BCUT2D eigenvalue weighted by molar-refractivity contribution is -0.137. The molecule has 18 heavy (non-hydrogen) atoms. The third kappa shape index (κ3) is 3.20. The first kappa shape index (κ1) is 14.9. The predicted octanol–water partition coefficient (Wildman–Crippen LogP) is 4.13. The van der Waals surface area contributed by atoms with Crippen LogP contribution in [-0.4, -0.2) is 4.98 Å². The Bertz CT molecular complexity index is 553. The average Bonchev–Trinajstić information content (AvgIpc) is 2.62. The van der Waals surface area contributed by atoms with Crippen molar-refractivity contribution in [1.82, 2.24) is 4.98 Å². The van der Waals surface area contributed by atoms with Crippen LogP contribution in [0.3, 0.4) is 0 Å². The fourth-order valence-corrected chi connectivity index (χ4v) is 1.89. The van der Waals surface area contributed by atoms with Gasteiger partial charge in [0.15, 0.2) is 5.13 Å². The molecule has 0 aliphatic heterocycles. The summed E-state index contributed by atoms with van der Waals surface area (Å²) in [6.45, 7) is 0. The highest BCUT2D eigenvalue weighted by molar-refractivity contribution is 8.93. The molecule has 1 aromatic heterocycles. The van der Waals surface area contributed by atoms with Crippen LogP contribution in [0.5, 0.6) is 0 Å². The van der Waals surface area contributed by atoms with Crippen LogP contribution < -0.4 is 5.73 Å². The third-order valence-corrected chi connectivity index (χ3v) is 2.72. The lowest BCUT2D eigenvalue weighted by Crippen LogP contribution is -2.05. The van der Waals surface area contributed by atoms with Crippen molar-refractivity contribution in [3.63, 3.8) is 0 Å². The number of nitrogens with zero attached hydrogens (tertiary/aromatic N) is 1. The number of hydrogen-bond donors (Lipinski definition) is 1. The molecule has 0 spiro atoms. The molecule has 2 aromatic rings. The second-order valence-corrected chi connectivity index (χ2v) is 4.19. The molecule has 1 heterocycles. The van der Waals surface area contributed by atoms with Crippen LogP contribution in [0.2, 0.25) is 0 Å². The summed E-state index contributed by atoms with van der Waals surface area (Å²) < 4.78 is 50.5. The molecule has 0 saturated heterocycles. The normalized spacial score (nSPS) is 11.1. The van der Waals surface area contributed by atoms with Crippen molar-refractivity contribution in [3.05, 3.63) is 35.0 Å². The summed E-state index contributed by atoms with van der Waals surface area (Å²) in [5.41, 5.74) is 4.62. The number of hydrogen-bond acceptors (Lipinski definition) is 3. The van der Waals surface area contributed by atoms with E-state index in [2.05, 4.69) is 4.98 Å². The minimum atomic E-state index is -4.58. The molecule has 2 nitrogen and oxygen atoms in total. The monoisotopic (exact) mass is 342 g/mol. The Morgan fingerprint density at radius 2 is 1.83 bits per heavy atom. The van der Waals surface area contributed by atoms with Gasteiger partial charge in [0.1, 0.15) is 5.82 Å². The van der Waals surface area contributed by atoms with Gasteiger partial charge in [0.05, 0.1) is 11.3 Å². The quantitative estimate of drug-likeness (QED) is 0.791. The van der Waals surface area contributed by atoms with Crippen molar-refractivity contribution in [3.8, 4) is 11.3 Å². The zero-order valence-electron chi connectivity index (χ0n) is 8.66. The van der Waals surface area contributed by atoms with E-state index in [4.69, 9.17) is 5.73 Å². The van der Waals surface area contributed by atoms with Crippen LogP contribution in [0, 0.1) is 5.82 Å². The standard InChI is InChI=1S/C10H6F4N2S.BrH/c11-7-2-5(8-4-17-9(15)16-8)1-6(3-7)10(12,13)14;/h1-4H,(H2,15,16);1H. The van der Waals surface area contributed by atoms with E-state index in [1.165, 1.54) is 5.38 Å². The Morgan fingerprint density at radius 1 is 1.17 bits per heavy atom. The van der Waals surface area contributed by atoms with Crippen LogP contribution in [-0.2, 0) is 6.18 Å². The molecule has 2 rings (SSSR count). The van der Waals surface area contributed by atoms with Crippen molar-refractivity contribution >= 4 is 33.4 Å². The molecule has 8 heteroatoms. The number of nitrogens with two attached hydrogens (primary N) is 1. The van der Waals surface area contributed by atoms with Gasteiger partial charge in [-0.3, -0.25) is 0 Å². The molecule has 0 unspecified atom stereocenters. The van der Waals surface area contributed by atoms with E-state index in [1.54, 1.807) is 0 Å². The summed E-state index contributed by atoms with van der Waals surface area (Å²) in [7, 11) is 0. The van der Waals surface area contributed by atoms with E-state index in [-0.39, 0.29) is 33.4 Å². The molecule has 0 aliphatic rings. The molecule has 2 N–H and O–H groups in total. The van der Waals surface area contributed by atoms with Crippen LogP contribution in [0.25, 0.3) is 11.3 Å². The fourth-order valence-electron chi connectivity index (χ4n) is 1.32. The Labute approximate surface area is 114 Å². The second-order valence-electron chi connectivity index (χ2n) is 3.30. The van der Waals surface area contributed by atoms with E-state index in [1.807, 2.05) is 0 Å². The molecule has 0 amide bonds. The van der Waals surface area contributed by atoms with Gasteiger partial charge in [-0.25, -0.2) is 9.37 Å². The zero-order valence-corrected chi connectivity index (χ0v) is 11.2. The minimum absolute atomic E-state index is 0. The van der Waals surface area contributed by atoms with E-state index >= 15 is 0 Å². The summed E-state index contributed by atoms with van der Waals surface area (Å²) >= 11 is 1.08. The fraction of sp³-hybridized carbons (Fsp3) is 0.100. The molecular formula is C10H7BrF4N2S. The second kappa shape index (κ2) is 5.23. The lowest BCUT2D eigenvalue weighted by Gasteiger charge is -2.08. The highest BCUT2D eigenvalue weighted by Crippen LogP contribution is 2.33. The van der Waals surface area contributed by atoms with Crippen molar-refractivity contribution in [1.29, 1.82) is 0 Å². The van der Waals surface area contributed by atoms with Crippen LogP contribution in [0.15, 0.2) is 23.6 Å². The molecule has 0 radical (unpaired) electrons. The molecule has 1 aromatic carbocycles. The van der Waals surface area contributed by atoms with Gasteiger partial charge < -0.3 is 5.73 Å². The van der Waals surface area contributed by atoms with Gasteiger partial charge in [-0.05, 0) is 18.2 Å². The van der Waals surface area contributed by atoms with Gasteiger partial charge in [0, 0.05) is 10.9 Å². The van der Waals surface area contributed by atoms with Crippen molar-refractivity contribution in [2.24, 2.45) is 0 Å². The Morgan fingerprint density at radius 3 is 2.33 bits per heavy atom. The number of anilines is 1. The van der Waals surface area contributed by atoms with Crippen molar-refractivity contribution in [2.45, 2.75) is 6.18 Å². The summed E-state index contributed by atoms with van der Waals surface area (Å²) in [5.74, 6) is -0.957. The number of rotatable bonds is 1. The molecule has 0 fully saturated rings. The Kier molecular flexibility index (Phi) is 4.33. The molecule has 98 valence electrons. The maximum atomic E-state index is 13.1. The SMILES string of the molecule is Br.Nc1nc(-c2cc(F)cc(C(F)(F)F)c2)cs1. The maximum absolute atomic E-state index is 13.1. The van der Waals surface area contributed by atoms with Crippen molar-refractivity contribution in [2.75, 3.05) is 5.73 Å². The van der Waals surface area contributed by atoms with E-state index in [0.29, 0.717) is 6.07 Å². The largest absolute Gasteiger partial charge is 0.416 e. The molecule has 0 bridgehead atoms. The first-order chi connectivity index (χ1) is 7.86. The van der Waals surface area contributed by atoms with Crippen molar-refractivity contribution < 1.29 is 17.6 Å². The van der Waals surface area contributed by atoms with Gasteiger partial charge in [0.25, 0.3) is 0 Å². The third-order valence-electron chi connectivity index (χ3n) is 2.04. The number of halogens is 5. The molecule has 0 aliphatic carbocycles. The van der Waals surface area contributed by atoms with E-state index in [0.717, 1.165) is 23.5 Å². The number of benzene rings is 1. The molecule has 0 atom stereocenters. The van der Waals surface area contributed by atoms with Crippen LogP contribution in [0.4, 0.5) is 22.7 Å². The minimum Gasteiger partial charge on any atom is -0.375 e. The summed E-state index contributed by atoms with van der Waals surface area (Å²) in [4.78, 5) is 3.81. The highest BCUT2D eigenvalue weighted by atomic mass is 79.9. The van der Waals surface area contributed by atoms with Crippen LogP contribution in [0.1, 0.15) is 5.56 Å². The first-order valence-electron chi connectivity index (χ1n) is 4.45. The lowest BCUT2D eigenvalue weighted by atomic mass is 10.1. The number of thiazole rings is 1. The van der Waals surface area contributed by atoms with Gasteiger partial charge in [-0.15, -0.1) is 28.3 Å². The maximum Gasteiger partial charge on any atom is 0.416 e. The topological polar surface area (TPSA) is 38.9 Å². The first-order valence-corrected chi connectivity index (χ1v) is 5.33.